The second kappa shape index (κ2) is 9.87. The van der Waals surface area contributed by atoms with Crippen molar-refractivity contribution < 1.29 is 13.2 Å². The van der Waals surface area contributed by atoms with Gasteiger partial charge in [0.25, 0.3) is 0 Å². The molecule has 4 nitrogen and oxygen atoms in total. The molecule has 150 valence electrons. The molecule has 0 aliphatic carbocycles. The first kappa shape index (κ1) is 21.3. The number of sulfonamides is 1. The monoisotopic (exact) mass is 425 g/mol. The summed E-state index contributed by atoms with van der Waals surface area (Å²) in [6, 6.07) is 25.0. The van der Waals surface area contributed by atoms with Crippen LogP contribution in [-0.2, 0) is 16.4 Å². The van der Waals surface area contributed by atoms with E-state index in [1.807, 2.05) is 55.5 Å². The number of hydrogen-bond acceptors (Lipinski definition) is 4. The van der Waals surface area contributed by atoms with Gasteiger partial charge in [0.1, 0.15) is 0 Å². The maximum Gasteiger partial charge on any atom is 0.240 e. The van der Waals surface area contributed by atoms with Crippen molar-refractivity contribution >= 4 is 26.9 Å². The summed E-state index contributed by atoms with van der Waals surface area (Å²) in [6.07, 6.45) is 0.501. The number of benzene rings is 3. The van der Waals surface area contributed by atoms with Gasteiger partial charge in [-0.15, -0.1) is 0 Å². The molecule has 3 rings (SSSR count). The van der Waals surface area contributed by atoms with Gasteiger partial charge in [-0.25, -0.2) is 13.1 Å². The Morgan fingerprint density at radius 1 is 0.897 bits per heavy atom. The third kappa shape index (κ3) is 6.29. The van der Waals surface area contributed by atoms with Crippen LogP contribution in [0.1, 0.15) is 21.5 Å². The van der Waals surface area contributed by atoms with Crippen LogP contribution in [0.15, 0.2) is 89.8 Å². The maximum absolute atomic E-state index is 12.9. The lowest BCUT2D eigenvalue weighted by Crippen LogP contribution is -2.38. The quantitative estimate of drug-likeness (QED) is 0.579. The van der Waals surface area contributed by atoms with E-state index in [-0.39, 0.29) is 10.0 Å². The van der Waals surface area contributed by atoms with Crippen molar-refractivity contribution in [1.82, 2.24) is 4.72 Å². The summed E-state index contributed by atoms with van der Waals surface area (Å²) < 4.78 is 28.5. The van der Waals surface area contributed by atoms with Gasteiger partial charge in [0.15, 0.2) is 0 Å². The van der Waals surface area contributed by atoms with Crippen LogP contribution in [0.3, 0.4) is 0 Å². The van der Waals surface area contributed by atoms with Crippen LogP contribution < -0.4 is 4.72 Å². The van der Waals surface area contributed by atoms with E-state index in [9.17, 15) is 13.2 Å². The second-order valence-corrected chi connectivity index (χ2v) is 9.49. The highest BCUT2D eigenvalue weighted by Crippen LogP contribution is 2.18. The standard InChI is InChI=1S/C23H23NO3S2/c1-18-12-14-22(15-13-18)29(26,27)24-21(16-19-8-4-2-5-9-19)17-28-23(25)20-10-6-3-7-11-20/h2-15,21,24H,16-17H2,1H3/t21-/m0/s1. The average molecular weight is 426 g/mol. The molecule has 0 amide bonds. The van der Waals surface area contributed by atoms with Crippen molar-refractivity contribution in [2.24, 2.45) is 0 Å². The van der Waals surface area contributed by atoms with E-state index in [4.69, 9.17) is 0 Å². The molecule has 0 aliphatic heterocycles. The zero-order valence-corrected chi connectivity index (χ0v) is 17.7. The van der Waals surface area contributed by atoms with Crippen molar-refractivity contribution in [3.8, 4) is 0 Å². The molecule has 3 aromatic rings. The number of carbonyl (C=O) groups is 1. The summed E-state index contributed by atoms with van der Waals surface area (Å²) in [6.45, 7) is 1.91. The molecule has 29 heavy (non-hydrogen) atoms. The molecular formula is C23H23NO3S2. The van der Waals surface area contributed by atoms with E-state index in [2.05, 4.69) is 4.72 Å². The van der Waals surface area contributed by atoms with Crippen LogP contribution in [-0.4, -0.2) is 25.3 Å². The molecule has 1 N–H and O–H groups in total. The minimum Gasteiger partial charge on any atom is -0.282 e. The maximum atomic E-state index is 12.9. The van der Waals surface area contributed by atoms with E-state index in [1.165, 1.54) is 0 Å². The third-order valence-electron chi connectivity index (χ3n) is 4.40. The Hall–Kier alpha value is -2.41. The van der Waals surface area contributed by atoms with Crippen molar-refractivity contribution in [2.45, 2.75) is 24.3 Å². The topological polar surface area (TPSA) is 63.2 Å². The van der Waals surface area contributed by atoms with E-state index in [1.54, 1.807) is 36.4 Å². The van der Waals surface area contributed by atoms with Crippen LogP contribution in [0, 0.1) is 6.92 Å². The van der Waals surface area contributed by atoms with Crippen LogP contribution in [0.25, 0.3) is 0 Å². The fourth-order valence-corrected chi connectivity index (χ4v) is 5.07. The van der Waals surface area contributed by atoms with Gasteiger partial charge in [-0.05, 0) is 31.0 Å². The number of nitrogens with one attached hydrogen (secondary N) is 1. The third-order valence-corrected chi connectivity index (χ3v) is 7.01. The molecule has 3 aromatic carbocycles. The predicted molar refractivity (Wildman–Crippen MR) is 119 cm³/mol. The van der Waals surface area contributed by atoms with Crippen molar-refractivity contribution in [3.63, 3.8) is 0 Å². The molecule has 0 saturated carbocycles. The van der Waals surface area contributed by atoms with Crippen molar-refractivity contribution in [3.05, 3.63) is 102 Å². The van der Waals surface area contributed by atoms with Gasteiger partial charge in [0, 0.05) is 17.4 Å². The first-order chi connectivity index (χ1) is 13.9. The molecule has 0 bridgehead atoms. The van der Waals surface area contributed by atoms with Gasteiger partial charge in [0.05, 0.1) is 4.90 Å². The van der Waals surface area contributed by atoms with E-state index >= 15 is 0 Å². The van der Waals surface area contributed by atoms with Crippen LogP contribution in [0.5, 0.6) is 0 Å². The molecule has 0 aliphatic rings. The Morgan fingerprint density at radius 2 is 1.48 bits per heavy atom. The summed E-state index contributed by atoms with van der Waals surface area (Å²) >= 11 is 1.13. The summed E-state index contributed by atoms with van der Waals surface area (Å²) in [7, 11) is -3.68. The zero-order chi connectivity index (χ0) is 20.7. The molecule has 0 heterocycles. The molecule has 6 heteroatoms. The van der Waals surface area contributed by atoms with Gasteiger partial charge in [-0.3, -0.25) is 4.79 Å². The van der Waals surface area contributed by atoms with Gasteiger partial charge in [0.2, 0.25) is 15.1 Å². The minimum absolute atomic E-state index is 0.0711. The summed E-state index contributed by atoms with van der Waals surface area (Å²) in [4.78, 5) is 12.7. The first-order valence-electron chi connectivity index (χ1n) is 9.29. The fourth-order valence-electron chi connectivity index (χ4n) is 2.87. The molecule has 0 fully saturated rings. The summed E-state index contributed by atoms with van der Waals surface area (Å²) in [5.41, 5.74) is 2.61. The van der Waals surface area contributed by atoms with Gasteiger partial charge >= 0.3 is 0 Å². The van der Waals surface area contributed by atoms with Crippen LogP contribution >= 0.6 is 11.8 Å². The fraction of sp³-hybridized carbons (Fsp3) is 0.174. The average Bonchev–Trinajstić information content (AvgIpc) is 2.73. The Balaban J connectivity index is 1.75. The zero-order valence-electron chi connectivity index (χ0n) is 16.1. The summed E-state index contributed by atoms with van der Waals surface area (Å²) in [5.74, 6) is 0.341. The smallest absolute Gasteiger partial charge is 0.240 e. The number of carbonyl (C=O) groups excluding carboxylic acids is 1. The number of aryl methyl sites for hydroxylation is 1. The predicted octanol–water partition coefficient (Wildman–Crippen LogP) is 4.46. The number of rotatable bonds is 8. The number of thioether (sulfide) groups is 1. The van der Waals surface area contributed by atoms with Crippen molar-refractivity contribution in [1.29, 1.82) is 0 Å². The molecule has 1 atom stereocenters. The van der Waals surface area contributed by atoms with Crippen LogP contribution in [0.2, 0.25) is 0 Å². The molecule has 0 radical (unpaired) electrons. The lowest BCUT2D eigenvalue weighted by molar-refractivity contribution is 0.108. The molecule has 0 aromatic heterocycles. The molecule has 0 saturated heterocycles. The van der Waals surface area contributed by atoms with E-state index in [0.29, 0.717) is 17.7 Å². The van der Waals surface area contributed by atoms with Crippen LogP contribution in [0.4, 0.5) is 0 Å². The van der Waals surface area contributed by atoms with Gasteiger partial charge in [-0.1, -0.05) is 90.1 Å². The Labute approximate surface area is 176 Å². The normalized spacial score (nSPS) is 12.4. The highest BCUT2D eigenvalue weighted by atomic mass is 32.2. The molecule has 0 unspecified atom stereocenters. The summed E-state index contributed by atoms with van der Waals surface area (Å²) in [5, 5.41) is -0.0711. The lowest BCUT2D eigenvalue weighted by Gasteiger charge is -2.18. The van der Waals surface area contributed by atoms with Crippen molar-refractivity contribution in [2.75, 3.05) is 5.75 Å². The molecule has 0 spiro atoms. The second-order valence-electron chi connectivity index (χ2n) is 6.79. The van der Waals surface area contributed by atoms with Gasteiger partial charge < -0.3 is 0 Å². The highest BCUT2D eigenvalue weighted by Gasteiger charge is 2.22. The largest absolute Gasteiger partial charge is 0.282 e. The minimum atomic E-state index is -3.68. The Morgan fingerprint density at radius 3 is 2.10 bits per heavy atom. The van der Waals surface area contributed by atoms with Gasteiger partial charge in [-0.2, -0.15) is 0 Å². The first-order valence-corrected chi connectivity index (χ1v) is 11.8. The van der Waals surface area contributed by atoms with E-state index in [0.717, 1.165) is 22.9 Å². The lowest BCUT2D eigenvalue weighted by atomic mass is 10.1. The molecular weight excluding hydrogens is 402 g/mol. The SMILES string of the molecule is Cc1ccc(S(=O)(=O)N[C@H](CSC(=O)c2ccccc2)Cc2ccccc2)cc1. The Kier molecular flexibility index (Phi) is 7.25. The van der Waals surface area contributed by atoms with E-state index < -0.39 is 16.1 Å². The Bertz CT molecular complexity index is 1030. The highest BCUT2D eigenvalue weighted by molar-refractivity contribution is 8.14. The number of hydrogen-bond donors (Lipinski definition) is 1.